The van der Waals surface area contributed by atoms with Gasteiger partial charge in [-0.25, -0.2) is 4.98 Å². The molecule has 0 radical (unpaired) electrons. The number of nitrogens with one attached hydrogen (secondary N) is 1. The molecular formula is C11H22N4. The SMILES string of the molecule is CCn1ccnc1NCCCC(C)CN. The van der Waals surface area contributed by atoms with E-state index in [0.29, 0.717) is 5.92 Å². The highest BCUT2D eigenvalue weighted by molar-refractivity contribution is 5.25. The average Bonchev–Trinajstić information content (AvgIpc) is 2.71. The third-order valence-electron chi connectivity index (χ3n) is 2.62. The summed E-state index contributed by atoms with van der Waals surface area (Å²) in [5.41, 5.74) is 5.56. The summed E-state index contributed by atoms with van der Waals surface area (Å²) >= 11 is 0. The second kappa shape index (κ2) is 6.45. The maximum atomic E-state index is 5.56. The highest BCUT2D eigenvalue weighted by Gasteiger charge is 2.01. The summed E-state index contributed by atoms with van der Waals surface area (Å²) in [6.45, 7) is 7.02. The summed E-state index contributed by atoms with van der Waals surface area (Å²) in [7, 11) is 0. The first-order valence-corrected chi connectivity index (χ1v) is 5.73. The lowest BCUT2D eigenvalue weighted by Crippen LogP contribution is -2.13. The van der Waals surface area contributed by atoms with Crippen molar-refractivity contribution < 1.29 is 0 Å². The van der Waals surface area contributed by atoms with Gasteiger partial charge in [0.25, 0.3) is 0 Å². The van der Waals surface area contributed by atoms with Gasteiger partial charge in [0.15, 0.2) is 0 Å². The molecule has 1 aromatic heterocycles. The van der Waals surface area contributed by atoms with Crippen LogP contribution in [0.5, 0.6) is 0 Å². The van der Waals surface area contributed by atoms with Crippen LogP contribution < -0.4 is 11.1 Å². The molecule has 0 fully saturated rings. The van der Waals surface area contributed by atoms with Crippen LogP contribution in [0.1, 0.15) is 26.7 Å². The molecule has 0 aliphatic carbocycles. The molecule has 0 aromatic carbocycles. The van der Waals surface area contributed by atoms with Crippen LogP contribution in [0.2, 0.25) is 0 Å². The summed E-state index contributed by atoms with van der Waals surface area (Å²) < 4.78 is 2.10. The van der Waals surface area contributed by atoms with Crippen molar-refractivity contribution in [1.29, 1.82) is 0 Å². The standard InChI is InChI=1S/C11H22N4/c1-3-15-8-7-14-11(15)13-6-4-5-10(2)9-12/h7-8,10H,3-6,9,12H2,1-2H3,(H,13,14). The van der Waals surface area contributed by atoms with Gasteiger partial charge in [0, 0.05) is 25.5 Å². The zero-order valence-corrected chi connectivity index (χ0v) is 9.74. The number of anilines is 1. The Kier molecular flexibility index (Phi) is 5.18. The second-order valence-electron chi connectivity index (χ2n) is 3.95. The number of hydrogen-bond acceptors (Lipinski definition) is 3. The second-order valence-corrected chi connectivity index (χ2v) is 3.95. The number of nitrogens with zero attached hydrogens (tertiary/aromatic N) is 2. The summed E-state index contributed by atoms with van der Waals surface area (Å²) in [6, 6.07) is 0. The van der Waals surface area contributed by atoms with E-state index in [1.807, 2.05) is 12.4 Å². The number of aromatic nitrogens is 2. The zero-order chi connectivity index (χ0) is 11.1. The highest BCUT2D eigenvalue weighted by Crippen LogP contribution is 2.06. The Balaban J connectivity index is 2.20. The minimum atomic E-state index is 0.623. The average molecular weight is 210 g/mol. The van der Waals surface area contributed by atoms with Crippen LogP contribution in [0.25, 0.3) is 0 Å². The zero-order valence-electron chi connectivity index (χ0n) is 9.74. The minimum absolute atomic E-state index is 0.623. The number of rotatable bonds is 7. The minimum Gasteiger partial charge on any atom is -0.356 e. The van der Waals surface area contributed by atoms with Crippen molar-refractivity contribution in [2.24, 2.45) is 11.7 Å². The van der Waals surface area contributed by atoms with E-state index in [2.05, 4.69) is 28.7 Å². The van der Waals surface area contributed by atoms with Gasteiger partial charge < -0.3 is 15.6 Å². The van der Waals surface area contributed by atoms with Gasteiger partial charge in [-0.2, -0.15) is 0 Å². The molecular weight excluding hydrogens is 188 g/mol. The smallest absolute Gasteiger partial charge is 0.202 e. The van der Waals surface area contributed by atoms with Crippen molar-refractivity contribution in [3.63, 3.8) is 0 Å². The van der Waals surface area contributed by atoms with Crippen LogP contribution >= 0.6 is 0 Å². The Morgan fingerprint density at radius 1 is 1.60 bits per heavy atom. The van der Waals surface area contributed by atoms with Gasteiger partial charge in [-0.05, 0) is 32.2 Å². The monoisotopic (exact) mass is 210 g/mol. The third kappa shape index (κ3) is 3.91. The molecule has 0 saturated carbocycles. The molecule has 3 N–H and O–H groups in total. The fourth-order valence-electron chi connectivity index (χ4n) is 1.50. The van der Waals surface area contributed by atoms with Crippen LogP contribution in [0.15, 0.2) is 12.4 Å². The van der Waals surface area contributed by atoms with E-state index in [1.165, 1.54) is 6.42 Å². The number of imidazole rings is 1. The summed E-state index contributed by atoms with van der Waals surface area (Å²) in [5, 5.41) is 3.33. The first kappa shape index (κ1) is 12.0. The summed E-state index contributed by atoms with van der Waals surface area (Å²) in [5.74, 6) is 1.59. The first-order valence-electron chi connectivity index (χ1n) is 5.73. The molecule has 86 valence electrons. The molecule has 1 atom stereocenters. The van der Waals surface area contributed by atoms with E-state index in [4.69, 9.17) is 5.73 Å². The predicted molar refractivity (Wildman–Crippen MR) is 63.8 cm³/mol. The van der Waals surface area contributed by atoms with Gasteiger partial charge in [-0.3, -0.25) is 0 Å². The molecule has 1 aromatic rings. The fourth-order valence-corrected chi connectivity index (χ4v) is 1.50. The molecule has 0 spiro atoms. The summed E-state index contributed by atoms with van der Waals surface area (Å²) in [4.78, 5) is 4.25. The lowest BCUT2D eigenvalue weighted by atomic mass is 10.1. The molecule has 4 heteroatoms. The Hall–Kier alpha value is -1.03. The Morgan fingerprint density at radius 3 is 3.07 bits per heavy atom. The van der Waals surface area contributed by atoms with Crippen molar-refractivity contribution in [3.8, 4) is 0 Å². The Labute approximate surface area is 91.9 Å². The Bertz CT molecular complexity index is 269. The molecule has 1 heterocycles. The van der Waals surface area contributed by atoms with Crippen molar-refractivity contribution in [3.05, 3.63) is 12.4 Å². The lowest BCUT2D eigenvalue weighted by Gasteiger charge is -2.10. The van der Waals surface area contributed by atoms with E-state index < -0.39 is 0 Å². The number of nitrogens with two attached hydrogens (primary N) is 1. The van der Waals surface area contributed by atoms with Crippen LogP contribution in [0.4, 0.5) is 5.95 Å². The van der Waals surface area contributed by atoms with E-state index >= 15 is 0 Å². The lowest BCUT2D eigenvalue weighted by molar-refractivity contribution is 0.528. The third-order valence-corrected chi connectivity index (χ3v) is 2.62. The molecule has 0 aliphatic heterocycles. The van der Waals surface area contributed by atoms with E-state index in [1.54, 1.807) is 0 Å². The predicted octanol–water partition coefficient (Wildman–Crippen LogP) is 1.69. The van der Waals surface area contributed by atoms with Gasteiger partial charge >= 0.3 is 0 Å². The summed E-state index contributed by atoms with van der Waals surface area (Å²) in [6.07, 6.45) is 6.14. The van der Waals surface area contributed by atoms with Gasteiger partial charge in [-0.1, -0.05) is 6.92 Å². The van der Waals surface area contributed by atoms with Crippen LogP contribution in [-0.4, -0.2) is 22.6 Å². The first-order chi connectivity index (χ1) is 7.27. The molecule has 15 heavy (non-hydrogen) atoms. The van der Waals surface area contributed by atoms with Crippen LogP contribution in [0, 0.1) is 5.92 Å². The van der Waals surface area contributed by atoms with Crippen molar-refractivity contribution >= 4 is 5.95 Å². The van der Waals surface area contributed by atoms with Crippen molar-refractivity contribution in [2.45, 2.75) is 33.2 Å². The molecule has 0 saturated heterocycles. The van der Waals surface area contributed by atoms with Crippen molar-refractivity contribution in [1.82, 2.24) is 9.55 Å². The Morgan fingerprint density at radius 2 is 2.40 bits per heavy atom. The number of hydrogen-bond donors (Lipinski definition) is 2. The van der Waals surface area contributed by atoms with Gasteiger partial charge in [-0.15, -0.1) is 0 Å². The van der Waals surface area contributed by atoms with Crippen LogP contribution in [-0.2, 0) is 6.54 Å². The maximum Gasteiger partial charge on any atom is 0.202 e. The van der Waals surface area contributed by atoms with E-state index in [-0.39, 0.29) is 0 Å². The number of aryl methyl sites for hydroxylation is 1. The van der Waals surface area contributed by atoms with Crippen molar-refractivity contribution in [2.75, 3.05) is 18.4 Å². The van der Waals surface area contributed by atoms with E-state index in [9.17, 15) is 0 Å². The van der Waals surface area contributed by atoms with E-state index in [0.717, 1.165) is 32.0 Å². The molecule has 1 rings (SSSR count). The highest BCUT2D eigenvalue weighted by atomic mass is 15.2. The topological polar surface area (TPSA) is 55.9 Å². The van der Waals surface area contributed by atoms with Gasteiger partial charge in [0.2, 0.25) is 5.95 Å². The van der Waals surface area contributed by atoms with Gasteiger partial charge in [0.05, 0.1) is 0 Å². The quantitative estimate of drug-likeness (QED) is 0.673. The largest absolute Gasteiger partial charge is 0.356 e. The maximum absolute atomic E-state index is 5.56. The molecule has 4 nitrogen and oxygen atoms in total. The fraction of sp³-hybridized carbons (Fsp3) is 0.727. The molecule has 1 unspecified atom stereocenters. The molecule has 0 bridgehead atoms. The normalized spacial score (nSPS) is 12.7. The van der Waals surface area contributed by atoms with Gasteiger partial charge in [0.1, 0.15) is 0 Å². The molecule has 0 aliphatic rings. The van der Waals surface area contributed by atoms with Crippen LogP contribution in [0.3, 0.4) is 0 Å². The molecule has 0 amide bonds.